The van der Waals surface area contributed by atoms with E-state index in [-0.39, 0.29) is 18.7 Å². The molecule has 3 atom stereocenters. The van der Waals surface area contributed by atoms with Gasteiger partial charge in [-0.1, -0.05) is 56.5 Å². The smallest absolute Gasteiger partial charge is 0.408 e. The number of nitrogens with one attached hydrogen (secondary N) is 2. The van der Waals surface area contributed by atoms with E-state index in [1.807, 2.05) is 42.6 Å². The van der Waals surface area contributed by atoms with E-state index in [0.29, 0.717) is 17.9 Å². The van der Waals surface area contributed by atoms with Crippen LogP contribution < -0.4 is 10.6 Å². The summed E-state index contributed by atoms with van der Waals surface area (Å²) in [6, 6.07) is 14.1. The van der Waals surface area contributed by atoms with E-state index in [9.17, 15) is 4.79 Å². The van der Waals surface area contributed by atoms with Gasteiger partial charge in [-0.05, 0) is 42.9 Å². The first-order valence-corrected chi connectivity index (χ1v) is 10.9. The molecule has 1 aromatic heterocycles. The van der Waals surface area contributed by atoms with Gasteiger partial charge in [0.1, 0.15) is 6.61 Å². The number of rotatable bonds is 6. The zero-order valence-corrected chi connectivity index (χ0v) is 17.1. The summed E-state index contributed by atoms with van der Waals surface area (Å²) in [5.74, 6) is 0.972. The zero-order chi connectivity index (χ0) is 20.1. The minimum atomic E-state index is -0.372. The lowest BCUT2D eigenvalue weighted by molar-refractivity contribution is 0.126. The summed E-state index contributed by atoms with van der Waals surface area (Å²) in [5, 5.41) is 6.95. The van der Waals surface area contributed by atoms with Gasteiger partial charge in [-0.25, -0.2) is 4.79 Å². The van der Waals surface area contributed by atoms with Crippen molar-refractivity contribution >= 4 is 11.8 Å². The molecule has 2 heterocycles. The number of aromatic nitrogens is 1. The van der Waals surface area contributed by atoms with Crippen molar-refractivity contribution in [3.05, 3.63) is 59.9 Å². The Morgan fingerprint density at radius 2 is 1.97 bits per heavy atom. The van der Waals surface area contributed by atoms with Gasteiger partial charge in [0.25, 0.3) is 0 Å². The molecule has 2 aromatic rings. The normalized spacial score (nSPS) is 23.8. The molecule has 5 heteroatoms. The second kappa shape index (κ2) is 9.29. The third kappa shape index (κ3) is 4.55. The maximum absolute atomic E-state index is 12.7. The predicted octanol–water partition coefficient (Wildman–Crippen LogP) is 5.45. The van der Waals surface area contributed by atoms with Crippen LogP contribution in [0.4, 0.5) is 10.5 Å². The second-order valence-corrected chi connectivity index (χ2v) is 8.29. The summed E-state index contributed by atoms with van der Waals surface area (Å²) in [7, 11) is 0. The number of amides is 1. The highest BCUT2D eigenvalue weighted by atomic mass is 16.5. The molecule has 1 fully saturated rings. The van der Waals surface area contributed by atoms with E-state index in [0.717, 1.165) is 29.8 Å². The van der Waals surface area contributed by atoms with Crippen molar-refractivity contribution in [3.63, 3.8) is 0 Å². The second-order valence-electron chi connectivity index (χ2n) is 8.29. The SMILES string of the molecule is CCC[C@@H]1C(NC(=O)OCc2ccccc2)c2ncccc2NC1C1CCCC1. The van der Waals surface area contributed by atoms with Crippen LogP contribution in [0, 0.1) is 11.8 Å². The highest BCUT2D eigenvalue weighted by Crippen LogP contribution is 2.44. The first kappa shape index (κ1) is 19.7. The van der Waals surface area contributed by atoms with Gasteiger partial charge < -0.3 is 15.4 Å². The molecule has 2 N–H and O–H groups in total. The topological polar surface area (TPSA) is 63.2 Å². The highest BCUT2D eigenvalue weighted by Gasteiger charge is 2.42. The molecule has 2 unspecified atom stereocenters. The van der Waals surface area contributed by atoms with Gasteiger partial charge in [-0.15, -0.1) is 0 Å². The number of hydrogen-bond acceptors (Lipinski definition) is 4. The minimum absolute atomic E-state index is 0.124. The van der Waals surface area contributed by atoms with Crippen LogP contribution in [0.2, 0.25) is 0 Å². The monoisotopic (exact) mass is 393 g/mol. The number of hydrogen-bond donors (Lipinski definition) is 2. The Hall–Kier alpha value is -2.56. The number of ether oxygens (including phenoxy) is 1. The van der Waals surface area contributed by atoms with E-state index < -0.39 is 0 Å². The lowest BCUT2D eigenvalue weighted by atomic mass is 9.76. The number of nitrogens with zero attached hydrogens (tertiary/aromatic N) is 1. The fourth-order valence-electron chi connectivity index (χ4n) is 5.01. The lowest BCUT2D eigenvalue weighted by Gasteiger charge is -2.42. The van der Waals surface area contributed by atoms with Crippen molar-refractivity contribution in [2.24, 2.45) is 11.8 Å². The van der Waals surface area contributed by atoms with Crippen LogP contribution in [-0.4, -0.2) is 17.1 Å². The molecule has 29 heavy (non-hydrogen) atoms. The molecule has 5 nitrogen and oxygen atoms in total. The average Bonchev–Trinajstić information content (AvgIpc) is 3.29. The van der Waals surface area contributed by atoms with Crippen LogP contribution in [0.25, 0.3) is 0 Å². The summed E-state index contributed by atoms with van der Waals surface area (Å²) in [4.78, 5) is 17.3. The van der Waals surface area contributed by atoms with Crippen molar-refractivity contribution < 1.29 is 9.53 Å². The Labute approximate surface area is 173 Å². The molecule has 0 radical (unpaired) electrons. The first-order chi connectivity index (χ1) is 14.3. The summed E-state index contributed by atoms with van der Waals surface area (Å²) < 4.78 is 5.53. The van der Waals surface area contributed by atoms with Crippen LogP contribution in [-0.2, 0) is 11.3 Å². The van der Waals surface area contributed by atoms with Gasteiger partial charge >= 0.3 is 6.09 Å². The molecule has 1 aliphatic carbocycles. The molecule has 1 aliphatic heterocycles. The Balaban J connectivity index is 1.53. The number of benzene rings is 1. The van der Waals surface area contributed by atoms with Gasteiger partial charge in [-0.2, -0.15) is 0 Å². The Morgan fingerprint density at radius 1 is 1.17 bits per heavy atom. The van der Waals surface area contributed by atoms with Gasteiger partial charge in [0.15, 0.2) is 0 Å². The van der Waals surface area contributed by atoms with Crippen molar-refractivity contribution in [2.75, 3.05) is 5.32 Å². The van der Waals surface area contributed by atoms with Crippen LogP contribution in [0.5, 0.6) is 0 Å². The predicted molar refractivity (Wildman–Crippen MR) is 115 cm³/mol. The summed E-state index contributed by atoms with van der Waals surface area (Å²) >= 11 is 0. The highest BCUT2D eigenvalue weighted by molar-refractivity contribution is 5.69. The summed E-state index contributed by atoms with van der Waals surface area (Å²) in [6.07, 6.45) is 8.70. The molecular weight excluding hydrogens is 362 g/mol. The molecule has 1 saturated carbocycles. The zero-order valence-electron chi connectivity index (χ0n) is 17.1. The number of alkyl carbamates (subject to hydrolysis) is 1. The maximum atomic E-state index is 12.7. The van der Waals surface area contributed by atoms with E-state index in [1.165, 1.54) is 25.7 Å². The fraction of sp³-hybridized carbons (Fsp3) is 0.500. The quantitative estimate of drug-likeness (QED) is 0.685. The van der Waals surface area contributed by atoms with Crippen molar-refractivity contribution in [2.45, 2.75) is 64.1 Å². The fourth-order valence-corrected chi connectivity index (χ4v) is 5.01. The standard InChI is InChI=1S/C24H31N3O2/c1-2-9-19-21(18-12-6-7-13-18)26-20-14-8-15-25-23(20)22(19)27-24(28)29-16-17-10-4-3-5-11-17/h3-5,8,10-11,14-15,18-19,21-22,26H,2,6-7,9,12-13,16H2,1H3,(H,27,28)/t19-,21?,22?/m0/s1. The summed E-state index contributed by atoms with van der Waals surface area (Å²) in [5.41, 5.74) is 2.96. The van der Waals surface area contributed by atoms with Gasteiger partial charge in [0.05, 0.1) is 17.4 Å². The summed E-state index contributed by atoms with van der Waals surface area (Å²) in [6.45, 7) is 2.49. The first-order valence-electron chi connectivity index (χ1n) is 10.9. The number of fused-ring (bicyclic) bond motifs is 1. The molecule has 0 spiro atoms. The molecule has 154 valence electrons. The van der Waals surface area contributed by atoms with Crippen LogP contribution in [0.1, 0.15) is 62.7 Å². The van der Waals surface area contributed by atoms with Crippen LogP contribution >= 0.6 is 0 Å². The lowest BCUT2D eigenvalue weighted by Crippen LogP contribution is -2.48. The molecule has 1 aromatic carbocycles. The Morgan fingerprint density at radius 3 is 2.72 bits per heavy atom. The maximum Gasteiger partial charge on any atom is 0.408 e. The number of carbonyl (C=O) groups excluding carboxylic acids is 1. The third-order valence-electron chi connectivity index (χ3n) is 6.36. The van der Waals surface area contributed by atoms with Crippen molar-refractivity contribution in [1.29, 1.82) is 0 Å². The van der Waals surface area contributed by atoms with Gasteiger partial charge in [0, 0.05) is 18.2 Å². The number of pyridine rings is 1. The number of anilines is 1. The molecule has 4 rings (SSSR count). The Bertz CT molecular complexity index is 805. The number of carbonyl (C=O) groups is 1. The molecule has 1 amide bonds. The largest absolute Gasteiger partial charge is 0.445 e. The average molecular weight is 394 g/mol. The third-order valence-corrected chi connectivity index (χ3v) is 6.36. The van der Waals surface area contributed by atoms with Crippen molar-refractivity contribution in [1.82, 2.24) is 10.3 Å². The van der Waals surface area contributed by atoms with E-state index in [4.69, 9.17) is 4.74 Å². The van der Waals surface area contributed by atoms with E-state index in [1.54, 1.807) is 0 Å². The van der Waals surface area contributed by atoms with Crippen LogP contribution in [0.15, 0.2) is 48.7 Å². The molecule has 0 saturated heterocycles. The molecular formula is C24H31N3O2. The molecule has 0 bridgehead atoms. The minimum Gasteiger partial charge on any atom is -0.445 e. The molecule has 2 aliphatic rings. The Kier molecular flexibility index (Phi) is 6.33. The van der Waals surface area contributed by atoms with E-state index >= 15 is 0 Å². The van der Waals surface area contributed by atoms with Gasteiger partial charge in [0.2, 0.25) is 0 Å². The van der Waals surface area contributed by atoms with Gasteiger partial charge in [-0.3, -0.25) is 4.98 Å². The van der Waals surface area contributed by atoms with Crippen LogP contribution in [0.3, 0.4) is 0 Å². The van der Waals surface area contributed by atoms with E-state index in [2.05, 4.69) is 28.6 Å². The van der Waals surface area contributed by atoms with Crippen molar-refractivity contribution in [3.8, 4) is 0 Å².